The molecule has 1 amide bonds. The van der Waals surface area contributed by atoms with Gasteiger partial charge >= 0.3 is 0 Å². The standard InChI is InChI=1S/C34H38N2O3/c1-25(18-19-27-12-6-3-7-13-27)36(26(2)29-16-10-5-11-17-29)23-32(37)30-20-21-33(31(22-30)34(35)38)39-24-28-14-8-4-9-15-28/h3-17,20-22,25-26,32,37H,18-19,23-24H2,1-2H3,(H2,35,38)/t25-,26-,32-/m1/s1. The predicted octanol–water partition coefficient (Wildman–Crippen LogP) is 6.48. The highest BCUT2D eigenvalue weighted by molar-refractivity contribution is 5.95. The summed E-state index contributed by atoms with van der Waals surface area (Å²) in [7, 11) is 0. The number of amides is 1. The fourth-order valence-electron chi connectivity index (χ4n) is 4.94. The molecular weight excluding hydrogens is 484 g/mol. The Morgan fingerprint density at radius 2 is 1.41 bits per heavy atom. The number of carbonyl (C=O) groups excluding carboxylic acids is 1. The molecule has 0 spiro atoms. The Bertz CT molecular complexity index is 1310. The molecule has 4 aromatic rings. The van der Waals surface area contributed by atoms with E-state index in [9.17, 15) is 9.90 Å². The molecule has 39 heavy (non-hydrogen) atoms. The summed E-state index contributed by atoms with van der Waals surface area (Å²) >= 11 is 0. The van der Waals surface area contributed by atoms with E-state index in [1.54, 1.807) is 12.1 Å². The Labute approximate surface area is 231 Å². The molecule has 3 N–H and O–H groups in total. The number of aliphatic hydroxyl groups is 1. The van der Waals surface area contributed by atoms with E-state index >= 15 is 0 Å². The summed E-state index contributed by atoms with van der Waals surface area (Å²) in [6.45, 7) is 5.12. The lowest BCUT2D eigenvalue weighted by molar-refractivity contribution is 0.0622. The summed E-state index contributed by atoms with van der Waals surface area (Å²) in [5, 5.41) is 11.4. The first-order chi connectivity index (χ1) is 18.9. The lowest BCUT2D eigenvalue weighted by Crippen LogP contribution is -2.39. The third kappa shape index (κ3) is 7.79. The minimum Gasteiger partial charge on any atom is -0.488 e. The number of primary amides is 1. The third-order valence-corrected chi connectivity index (χ3v) is 7.31. The molecule has 0 aromatic heterocycles. The van der Waals surface area contributed by atoms with E-state index in [2.05, 4.69) is 55.1 Å². The Hall–Kier alpha value is -3.93. The molecule has 202 valence electrons. The number of aryl methyl sites for hydroxylation is 1. The van der Waals surface area contributed by atoms with Crippen LogP contribution < -0.4 is 10.5 Å². The third-order valence-electron chi connectivity index (χ3n) is 7.31. The number of nitrogens with two attached hydrogens (primary N) is 1. The first kappa shape index (κ1) is 28.1. The van der Waals surface area contributed by atoms with Gasteiger partial charge in [-0.05, 0) is 61.1 Å². The second-order valence-corrected chi connectivity index (χ2v) is 10.1. The quantitative estimate of drug-likeness (QED) is 0.211. The lowest BCUT2D eigenvalue weighted by Gasteiger charge is -2.36. The van der Waals surface area contributed by atoms with Gasteiger partial charge in [0.15, 0.2) is 0 Å². The zero-order valence-electron chi connectivity index (χ0n) is 22.7. The van der Waals surface area contributed by atoms with Crippen LogP contribution in [0.5, 0.6) is 5.75 Å². The second-order valence-electron chi connectivity index (χ2n) is 10.1. The zero-order chi connectivity index (χ0) is 27.6. The Morgan fingerprint density at radius 1 is 0.821 bits per heavy atom. The number of carbonyl (C=O) groups is 1. The van der Waals surface area contributed by atoms with E-state index in [-0.39, 0.29) is 17.6 Å². The number of hydrogen-bond donors (Lipinski definition) is 2. The number of aliphatic hydroxyl groups excluding tert-OH is 1. The summed E-state index contributed by atoms with van der Waals surface area (Å²) in [6, 6.07) is 36.1. The minimum atomic E-state index is -0.809. The second kappa shape index (κ2) is 13.7. The molecule has 5 nitrogen and oxygen atoms in total. The van der Waals surface area contributed by atoms with Crippen LogP contribution in [0.15, 0.2) is 109 Å². The van der Waals surface area contributed by atoms with Crippen LogP contribution in [-0.2, 0) is 13.0 Å². The molecule has 0 unspecified atom stereocenters. The molecule has 0 saturated carbocycles. The van der Waals surface area contributed by atoms with Crippen LogP contribution in [0.2, 0.25) is 0 Å². The van der Waals surface area contributed by atoms with Gasteiger partial charge in [-0.25, -0.2) is 0 Å². The predicted molar refractivity (Wildman–Crippen MR) is 156 cm³/mol. The van der Waals surface area contributed by atoms with E-state index in [4.69, 9.17) is 10.5 Å². The highest BCUT2D eigenvalue weighted by atomic mass is 16.5. The molecule has 5 heteroatoms. The monoisotopic (exact) mass is 522 g/mol. The van der Waals surface area contributed by atoms with Gasteiger partial charge in [-0.3, -0.25) is 9.69 Å². The smallest absolute Gasteiger partial charge is 0.252 e. The molecule has 0 heterocycles. The molecular formula is C34H38N2O3. The molecule has 4 rings (SSSR count). The van der Waals surface area contributed by atoms with Gasteiger partial charge in [-0.2, -0.15) is 0 Å². The van der Waals surface area contributed by atoms with Gasteiger partial charge in [0.05, 0.1) is 11.7 Å². The average molecular weight is 523 g/mol. The molecule has 0 aliphatic rings. The first-order valence-corrected chi connectivity index (χ1v) is 13.6. The maximum absolute atomic E-state index is 12.3. The zero-order valence-corrected chi connectivity index (χ0v) is 22.7. The van der Waals surface area contributed by atoms with Gasteiger partial charge in [0.25, 0.3) is 5.91 Å². The Kier molecular flexibility index (Phi) is 9.90. The van der Waals surface area contributed by atoms with E-state index in [1.807, 2.05) is 60.7 Å². The number of hydrogen-bond acceptors (Lipinski definition) is 4. The van der Waals surface area contributed by atoms with Gasteiger partial charge in [0.1, 0.15) is 12.4 Å². The molecule has 3 atom stereocenters. The number of nitrogens with zero attached hydrogens (tertiary/aromatic N) is 1. The largest absolute Gasteiger partial charge is 0.488 e. The first-order valence-electron chi connectivity index (χ1n) is 13.6. The van der Waals surface area contributed by atoms with Gasteiger partial charge < -0.3 is 15.6 Å². The van der Waals surface area contributed by atoms with Gasteiger partial charge in [0.2, 0.25) is 0 Å². The summed E-state index contributed by atoms with van der Waals surface area (Å²) in [4.78, 5) is 14.6. The molecule has 0 aliphatic heterocycles. The van der Waals surface area contributed by atoms with Crippen LogP contribution in [-0.4, -0.2) is 28.5 Å². The van der Waals surface area contributed by atoms with Crippen molar-refractivity contribution in [2.45, 2.75) is 51.5 Å². The molecule has 0 bridgehead atoms. The summed E-state index contributed by atoms with van der Waals surface area (Å²) in [6.07, 6.45) is 1.10. The molecule has 0 aliphatic carbocycles. The maximum atomic E-state index is 12.3. The van der Waals surface area contributed by atoms with Crippen LogP contribution in [0, 0.1) is 0 Å². The average Bonchev–Trinajstić information content (AvgIpc) is 2.98. The van der Waals surface area contributed by atoms with Crippen LogP contribution in [0.4, 0.5) is 0 Å². The van der Waals surface area contributed by atoms with Crippen LogP contribution in [0.25, 0.3) is 0 Å². The van der Waals surface area contributed by atoms with Crippen molar-refractivity contribution in [2.24, 2.45) is 5.73 Å². The SMILES string of the molecule is C[C@H](CCc1ccccc1)N(C[C@@H](O)c1ccc(OCc2ccccc2)c(C(N)=O)c1)[C@H](C)c1ccccc1. The summed E-state index contributed by atoms with van der Waals surface area (Å²) in [5.41, 5.74) is 10.1. The van der Waals surface area contributed by atoms with Gasteiger partial charge in [-0.1, -0.05) is 97.1 Å². The Balaban J connectivity index is 1.52. The van der Waals surface area contributed by atoms with Crippen molar-refractivity contribution >= 4 is 5.91 Å². The van der Waals surface area contributed by atoms with Crippen LogP contribution in [0.1, 0.15) is 65.0 Å². The molecule has 0 saturated heterocycles. The van der Waals surface area contributed by atoms with E-state index in [0.717, 1.165) is 18.4 Å². The lowest BCUT2D eigenvalue weighted by atomic mass is 9.98. The van der Waals surface area contributed by atoms with Gasteiger partial charge in [-0.15, -0.1) is 0 Å². The minimum absolute atomic E-state index is 0.0933. The van der Waals surface area contributed by atoms with Crippen molar-refractivity contribution in [1.82, 2.24) is 4.90 Å². The number of benzene rings is 4. The van der Waals surface area contributed by atoms with Crippen molar-refractivity contribution in [3.05, 3.63) is 137 Å². The topological polar surface area (TPSA) is 75.8 Å². The van der Waals surface area contributed by atoms with Crippen molar-refractivity contribution in [3.8, 4) is 5.75 Å². The van der Waals surface area contributed by atoms with Crippen molar-refractivity contribution in [2.75, 3.05) is 6.54 Å². The highest BCUT2D eigenvalue weighted by Crippen LogP contribution is 2.30. The fraction of sp³-hybridized carbons (Fsp3) is 0.265. The van der Waals surface area contributed by atoms with Crippen LogP contribution >= 0.6 is 0 Å². The summed E-state index contributed by atoms with van der Waals surface area (Å²) < 4.78 is 5.92. The molecule has 4 aromatic carbocycles. The maximum Gasteiger partial charge on any atom is 0.252 e. The number of rotatable bonds is 13. The van der Waals surface area contributed by atoms with Crippen molar-refractivity contribution < 1.29 is 14.6 Å². The van der Waals surface area contributed by atoms with Gasteiger partial charge in [0, 0.05) is 18.6 Å². The van der Waals surface area contributed by atoms with E-state index < -0.39 is 12.0 Å². The van der Waals surface area contributed by atoms with Crippen molar-refractivity contribution in [1.29, 1.82) is 0 Å². The summed E-state index contributed by atoms with van der Waals surface area (Å²) in [5.74, 6) is -0.175. The van der Waals surface area contributed by atoms with E-state index in [1.165, 1.54) is 11.1 Å². The Morgan fingerprint density at radius 3 is 2.03 bits per heavy atom. The normalized spacial score (nSPS) is 13.5. The van der Waals surface area contributed by atoms with Crippen LogP contribution in [0.3, 0.4) is 0 Å². The molecule has 0 fully saturated rings. The molecule has 0 radical (unpaired) electrons. The fourth-order valence-corrected chi connectivity index (χ4v) is 4.94. The highest BCUT2D eigenvalue weighted by Gasteiger charge is 2.25. The van der Waals surface area contributed by atoms with Crippen molar-refractivity contribution in [3.63, 3.8) is 0 Å². The van der Waals surface area contributed by atoms with E-state index in [0.29, 0.717) is 24.5 Å². The number of ether oxygens (including phenoxy) is 1.